The average molecular weight is 397 g/mol. The van der Waals surface area contributed by atoms with Crippen molar-refractivity contribution in [2.24, 2.45) is 16.7 Å². The molecule has 1 amide bonds. The summed E-state index contributed by atoms with van der Waals surface area (Å²) >= 11 is 0. The molecule has 1 heterocycles. The van der Waals surface area contributed by atoms with E-state index in [1.165, 1.54) is 30.5 Å². The van der Waals surface area contributed by atoms with Crippen molar-refractivity contribution in [3.63, 3.8) is 0 Å². The normalized spacial score (nSPS) is 37.4. The van der Waals surface area contributed by atoms with E-state index in [9.17, 15) is 9.90 Å². The predicted octanol–water partition coefficient (Wildman–Crippen LogP) is 4.06. The number of aryl methyl sites for hydroxylation is 1. The molecule has 5 aliphatic rings. The molecular weight excluding hydrogens is 360 g/mol. The van der Waals surface area contributed by atoms with E-state index >= 15 is 0 Å². The number of nitrogens with one attached hydrogen (secondary N) is 1. The van der Waals surface area contributed by atoms with Gasteiger partial charge in [-0.3, -0.25) is 4.79 Å². The maximum atomic E-state index is 13.3. The number of fused-ring (bicyclic) bond motifs is 1. The fourth-order valence-corrected chi connectivity index (χ4v) is 7.74. The number of carbonyl (C=O) groups excluding carboxylic acids is 1. The lowest BCUT2D eigenvalue weighted by Gasteiger charge is -2.64. The van der Waals surface area contributed by atoms with Gasteiger partial charge in [-0.25, -0.2) is 0 Å². The third kappa shape index (κ3) is 3.37. The molecule has 6 rings (SSSR count). The first kappa shape index (κ1) is 19.4. The Bertz CT molecular complexity index is 795. The molecule has 1 aromatic rings. The zero-order valence-electron chi connectivity index (χ0n) is 17.9. The standard InChI is InChI=1S/C25H36N2O2/c1-2-23-13-19-14-24(16-23,18-25(29,15-19)17-23)22(28)26-10-6-12-27-11-5-8-20-7-3-4-9-21(20)27/h3-4,7,9,19,29H,2,5-6,8,10-18H2,1H3,(H,26,28). The van der Waals surface area contributed by atoms with Gasteiger partial charge in [-0.1, -0.05) is 31.5 Å². The Hall–Kier alpha value is -1.55. The Kier molecular flexibility index (Phi) is 4.69. The molecule has 0 spiro atoms. The van der Waals surface area contributed by atoms with Crippen LogP contribution < -0.4 is 10.2 Å². The molecule has 29 heavy (non-hydrogen) atoms. The predicted molar refractivity (Wildman–Crippen MR) is 116 cm³/mol. The first-order valence-electron chi connectivity index (χ1n) is 11.8. The molecule has 158 valence electrons. The van der Waals surface area contributed by atoms with Gasteiger partial charge >= 0.3 is 0 Å². The molecule has 1 aliphatic heterocycles. The number of rotatable bonds is 6. The molecule has 4 atom stereocenters. The van der Waals surface area contributed by atoms with Crippen LogP contribution >= 0.6 is 0 Å². The Morgan fingerprint density at radius 2 is 2.07 bits per heavy atom. The molecule has 1 aromatic carbocycles. The minimum atomic E-state index is -0.593. The largest absolute Gasteiger partial charge is 0.390 e. The summed E-state index contributed by atoms with van der Waals surface area (Å²) in [5.41, 5.74) is 2.11. The van der Waals surface area contributed by atoms with E-state index in [2.05, 4.69) is 41.4 Å². The summed E-state index contributed by atoms with van der Waals surface area (Å²) in [4.78, 5) is 15.8. The smallest absolute Gasteiger partial charge is 0.226 e. The molecule has 4 saturated carbocycles. The highest BCUT2D eigenvalue weighted by Crippen LogP contribution is 2.67. The van der Waals surface area contributed by atoms with Gasteiger partial charge in [0.1, 0.15) is 0 Å². The number of carbonyl (C=O) groups is 1. The number of benzene rings is 1. The zero-order valence-corrected chi connectivity index (χ0v) is 17.9. The highest BCUT2D eigenvalue weighted by atomic mass is 16.3. The molecular formula is C25H36N2O2. The van der Waals surface area contributed by atoms with Crippen LogP contribution in [0.2, 0.25) is 0 Å². The van der Waals surface area contributed by atoms with Crippen molar-refractivity contribution in [2.75, 3.05) is 24.5 Å². The van der Waals surface area contributed by atoms with E-state index in [1.807, 2.05) is 0 Å². The molecule has 4 fully saturated rings. The van der Waals surface area contributed by atoms with Crippen molar-refractivity contribution in [3.8, 4) is 0 Å². The first-order chi connectivity index (χ1) is 13.9. The van der Waals surface area contributed by atoms with Gasteiger partial charge in [0.2, 0.25) is 5.91 Å². The van der Waals surface area contributed by atoms with Crippen LogP contribution in [0.25, 0.3) is 0 Å². The van der Waals surface area contributed by atoms with Crippen molar-refractivity contribution in [3.05, 3.63) is 29.8 Å². The van der Waals surface area contributed by atoms with Crippen LogP contribution in [0.1, 0.15) is 70.3 Å². The highest BCUT2D eigenvalue weighted by Gasteiger charge is 2.64. The van der Waals surface area contributed by atoms with Crippen molar-refractivity contribution >= 4 is 11.6 Å². The van der Waals surface area contributed by atoms with Crippen LogP contribution in [-0.4, -0.2) is 36.2 Å². The van der Waals surface area contributed by atoms with Crippen LogP contribution in [0.4, 0.5) is 5.69 Å². The van der Waals surface area contributed by atoms with Crippen molar-refractivity contribution in [1.29, 1.82) is 0 Å². The van der Waals surface area contributed by atoms with Gasteiger partial charge < -0.3 is 15.3 Å². The van der Waals surface area contributed by atoms with Gasteiger partial charge in [0.05, 0.1) is 11.0 Å². The lowest BCUT2D eigenvalue weighted by molar-refractivity contribution is -0.204. The number of anilines is 1. The molecule has 4 aliphatic carbocycles. The molecule has 4 bridgehead atoms. The van der Waals surface area contributed by atoms with Gasteiger partial charge in [-0.05, 0) is 80.8 Å². The van der Waals surface area contributed by atoms with Gasteiger partial charge in [0.25, 0.3) is 0 Å². The Balaban J connectivity index is 1.19. The maximum Gasteiger partial charge on any atom is 0.226 e. The maximum absolute atomic E-state index is 13.3. The second kappa shape index (κ2) is 7.01. The SMILES string of the molecule is CCC12CC3CC(O)(C1)CC(C(=O)NCCCN1CCCc4ccccc41)(C3)C2. The van der Waals surface area contributed by atoms with E-state index in [0.717, 1.165) is 58.2 Å². The molecule has 2 N–H and O–H groups in total. The van der Waals surface area contributed by atoms with Gasteiger partial charge in [0.15, 0.2) is 0 Å². The molecule has 4 unspecified atom stereocenters. The van der Waals surface area contributed by atoms with Crippen molar-refractivity contribution in [2.45, 2.75) is 76.7 Å². The van der Waals surface area contributed by atoms with Crippen molar-refractivity contribution < 1.29 is 9.90 Å². The average Bonchev–Trinajstić information content (AvgIpc) is 2.69. The van der Waals surface area contributed by atoms with Crippen LogP contribution in [0.3, 0.4) is 0 Å². The van der Waals surface area contributed by atoms with E-state index < -0.39 is 5.60 Å². The first-order valence-corrected chi connectivity index (χ1v) is 11.8. The summed E-state index contributed by atoms with van der Waals surface area (Å²) in [6.45, 7) is 5.10. The van der Waals surface area contributed by atoms with Crippen LogP contribution in [-0.2, 0) is 11.2 Å². The minimum Gasteiger partial charge on any atom is -0.390 e. The molecule has 0 aromatic heterocycles. The Labute approximate surface area is 175 Å². The second-order valence-electron chi connectivity index (χ2n) is 10.7. The van der Waals surface area contributed by atoms with Crippen LogP contribution in [0.5, 0.6) is 0 Å². The topological polar surface area (TPSA) is 52.6 Å². The number of amides is 1. The molecule has 4 heteroatoms. The van der Waals surface area contributed by atoms with Crippen LogP contribution in [0.15, 0.2) is 24.3 Å². The van der Waals surface area contributed by atoms with Gasteiger partial charge in [-0.2, -0.15) is 0 Å². The van der Waals surface area contributed by atoms with Gasteiger partial charge in [0, 0.05) is 25.3 Å². The fourth-order valence-electron chi connectivity index (χ4n) is 7.74. The summed E-state index contributed by atoms with van der Waals surface area (Å²) in [6.07, 6.45) is 10.2. The van der Waals surface area contributed by atoms with E-state index in [1.54, 1.807) is 0 Å². The summed E-state index contributed by atoms with van der Waals surface area (Å²) < 4.78 is 0. The monoisotopic (exact) mass is 396 g/mol. The lowest BCUT2D eigenvalue weighted by Crippen LogP contribution is -2.63. The third-order valence-corrected chi connectivity index (χ3v) is 8.48. The molecule has 0 radical (unpaired) electrons. The molecule has 0 saturated heterocycles. The number of hydrogen-bond acceptors (Lipinski definition) is 3. The summed E-state index contributed by atoms with van der Waals surface area (Å²) in [7, 11) is 0. The fraction of sp³-hybridized carbons (Fsp3) is 0.720. The van der Waals surface area contributed by atoms with Gasteiger partial charge in [-0.15, -0.1) is 0 Å². The number of aliphatic hydroxyl groups is 1. The minimum absolute atomic E-state index is 0.197. The summed E-state index contributed by atoms with van der Waals surface area (Å²) in [6, 6.07) is 8.73. The van der Waals surface area contributed by atoms with Crippen molar-refractivity contribution in [1.82, 2.24) is 5.32 Å². The number of hydrogen-bond donors (Lipinski definition) is 2. The summed E-state index contributed by atoms with van der Waals surface area (Å²) in [5.74, 6) is 0.753. The Morgan fingerprint density at radius 3 is 2.90 bits per heavy atom. The third-order valence-electron chi connectivity index (χ3n) is 8.48. The number of nitrogens with zero attached hydrogens (tertiary/aromatic N) is 1. The summed E-state index contributed by atoms with van der Waals surface area (Å²) in [5, 5.41) is 14.4. The second-order valence-corrected chi connectivity index (χ2v) is 10.7. The van der Waals surface area contributed by atoms with E-state index in [-0.39, 0.29) is 16.7 Å². The lowest BCUT2D eigenvalue weighted by atomic mass is 9.42. The molecule has 4 nitrogen and oxygen atoms in total. The highest BCUT2D eigenvalue weighted by molar-refractivity contribution is 5.83. The number of para-hydroxylation sites is 1. The van der Waals surface area contributed by atoms with E-state index in [4.69, 9.17) is 0 Å². The zero-order chi connectivity index (χ0) is 20.1. The van der Waals surface area contributed by atoms with Crippen LogP contribution in [0, 0.1) is 16.7 Å². The Morgan fingerprint density at radius 1 is 1.21 bits per heavy atom. The quantitative estimate of drug-likeness (QED) is 0.713. The van der Waals surface area contributed by atoms with E-state index in [0.29, 0.717) is 12.3 Å².